The third kappa shape index (κ3) is 5.91. The molecule has 0 saturated heterocycles. The van der Waals surface area contributed by atoms with Crippen LogP contribution in [0.4, 0.5) is 13.2 Å². The Hall–Kier alpha value is -1.48. The molecule has 0 heterocycles. The maximum Gasteiger partial charge on any atom is 0.426 e. The lowest BCUT2D eigenvalue weighted by molar-refractivity contribution is -0.197. The molecule has 0 spiro atoms. The largest absolute Gasteiger partial charge is 0.448 e. The summed E-state index contributed by atoms with van der Waals surface area (Å²) in [7, 11) is 5.90. The zero-order chi connectivity index (χ0) is 17.8. The molecule has 1 N–H and O–H groups in total. The van der Waals surface area contributed by atoms with Gasteiger partial charge in [-0.25, -0.2) is 4.79 Å². The summed E-state index contributed by atoms with van der Waals surface area (Å²) in [5, 5.41) is 0. The maximum absolute atomic E-state index is 12.7. The number of rotatable bonds is 6. The third-order valence-corrected chi connectivity index (χ3v) is 3.58. The number of alkyl halides is 3. The number of carbonyl (C=O) groups is 1. The Labute approximate surface area is 133 Å². The van der Waals surface area contributed by atoms with Gasteiger partial charge in [-0.3, -0.25) is 4.55 Å². The molecule has 4 radical (unpaired) electrons. The van der Waals surface area contributed by atoms with Crippen LogP contribution < -0.4 is 0 Å². The molecular weight excluding hydrogens is 335 g/mol. The second-order valence-corrected chi connectivity index (χ2v) is 6.07. The highest BCUT2D eigenvalue weighted by Crippen LogP contribution is 2.25. The average Bonchev–Trinajstić information content (AvgIpc) is 2.43. The summed E-state index contributed by atoms with van der Waals surface area (Å²) in [6, 6.07) is 3.81. The van der Waals surface area contributed by atoms with Gasteiger partial charge < -0.3 is 4.74 Å². The van der Waals surface area contributed by atoms with E-state index in [-0.39, 0.29) is 18.2 Å². The Bertz CT molecular complexity index is 676. The first-order valence-corrected chi connectivity index (χ1v) is 7.83. The molecule has 11 heteroatoms. The van der Waals surface area contributed by atoms with E-state index in [0.29, 0.717) is 11.1 Å². The van der Waals surface area contributed by atoms with Crippen molar-refractivity contribution in [1.29, 1.82) is 0 Å². The molecule has 5 nitrogen and oxygen atoms in total. The van der Waals surface area contributed by atoms with E-state index in [1.165, 1.54) is 18.2 Å². The number of hydrogen-bond acceptors (Lipinski definition) is 4. The maximum atomic E-state index is 12.7. The quantitative estimate of drug-likeness (QED) is 0.472. The van der Waals surface area contributed by atoms with Crippen LogP contribution in [0.2, 0.25) is 0 Å². The number of hydrogen-bond donors (Lipinski definition) is 1. The van der Waals surface area contributed by atoms with Gasteiger partial charge in [-0.1, -0.05) is 29.8 Å². The molecule has 1 atom stereocenters. The number of benzene rings is 1. The summed E-state index contributed by atoms with van der Waals surface area (Å²) in [6.45, 7) is 0. The monoisotopic (exact) mass is 346 g/mol. The summed E-state index contributed by atoms with van der Waals surface area (Å²) in [5.74, 6) is -3.18. The number of esters is 1. The Kier molecular flexibility index (Phi) is 6.29. The number of halogens is 3. The fraction of sp³-hybridized carbons (Fsp3) is 0.417. The third-order valence-electron chi connectivity index (χ3n) is 2.86. The molecule has 0 saturated carbocycles. The zero-order valence-electron chi connectivity index (χ0n) is 11.7. The Balaban J connectivity index is 3.03. The van der Waals surface area contributed by atoms with Crippen LogP contribution in [-0.4, -0.2) is 52.7 Å². The van der Waals surface area contributed by atoms with Gasteiger partial charge in [0.15, 0.2) is 0 Å². The van der Waals surface area contributed by atoms with Crippen LogP contribution in [0, 0.1) is 0 Å². The van der Waals surface area contributed by atoms with E-state index in [1.54, 1.807) is 0 Å². The van der Waals surface area contributed by atoms with E-state index in [9.17, 15) is 26.4 Å². The van der Waals surface area contributed by atoms with Gasteiger partial charge >= 0.3 is 12.1 Å². The van der Waals surface area contributed by atoms with Gasteiger partial charge in [-0.05, 0) is 12.1 Å². The highest BCUT2D eigenvalue weighted by Gasteiger charge is 2.45. The lowest BCUT2D eigenvalue weighted by Gasteiger charge is -2.19. The van der Waals surface area contributed by atoms with Crippen molar-refractivity contribution in [3.05, 3.63) is 34.9 Å². The highest BCUT2D eigenvalue weighted by atomic mass is 32.2. The van der Waals surface area contributed by atoms with Gasteiger partial charge in [0.25, 0.3) is 10.1 Å². The summed E-state index contributed by atoms with van der Waals surface area (Å²) >= 11 is 0. The van der Waals surface area contributed by atoms with Crippen LogP contribution >= 0.6 is 0 Å². The molecule has 1 aromatic carbocycles. The molecule has 0 aromatic heterocycles. The standard InChI is InChI=1S/C12H11B2F3O5S/c13-4-8-2-1-7(3-9(8)5-14)11(18)22-10(12(15,16)17)6-23(19,20)21/h1-3,10H,4-6H2,(H,19,20,21). The lowest BCUT2D eigenvalue weighted by atomic mass is 9.86. The molecule has 1 unspecified atom stereocenters. The molecule has 0 aliphatic carbocycles. The Morgan fingerprint density at radius 3 is 2.22 bits per heavy atom. The van der Waals surface area contributed by atoms with Crippen molar-refractivity contribution in [3.8, 4) is 0 Å². The topological polar surface area (TPSA) is 80.7 Å². The Morgan fingerprint density at radius 1 is 1.22 bits per heavy atom. The molecule has 1 rings (SSSR count). The van der Waals surface area contributed by atoms with Crippen LogP contribution in [0.1, 0.15) is 21.5 Å². The summed E-state index contributed by atoms with van der Waals surface area (Å²) in [4.78, 5) is 11.8. The molecule has 0 fully saturated rings. The first-order chi connectivity index (χ1) is 10.5. The molecule has 23 heavy (non-hydrogen) atoms. The molecule has 0 bridgehead atoms. The van der Waals surface area contributed by atoms with Crippen molar-refractivity contribution >= 4 is 31.8 Å². The Morgan fingerprint density at radius 2 is 1.78 bits per heavy atom. The first-order valence-electron chi connectivity index (χ1n) is 6.22. The predicted molar refractivity (Wildman–Crippen MR) is 77.0 cm³/mol. The molecule has 1 aromatic rings. The van der Waals surface area contributed by atoms with Crippen molar-refractivity contribution in [2.75, 3.05) is 5.75 Å². The van der Waals surface area contributed by atoms with E-state index in [2.05, 4.69) is 4.74 Å². The van der Waals surface area contributed by atoms with Crippen molar-refractivity contribution in [1.82, 2.24) is 0 Å². The normalized spacial score (nSPS) is 13.6. The van der Waals surface area contributed by atoms with E-state index in [1.807, 2.05) is 0 Å². The van der Waals surface area contributed by atoms with Crippen molar-refractivity contribution in [3.63, 3.8) is 0 Å². The van der Waals surface area contributed by atoms with Crippen LogP contribution in [-0.2, 0) is 27.5 Å². The predicted octanol–water partition coefficient (Wildman–Crippen LogP) is 0.999. The van der Waals surface area contributed by atoms with E-state index in [0.717, 1.165) is 0 Å². The second-order valence-electron chi connectivity index (χ2n) is 4.58. The highest BCUT2D eigenvalue weighted by molar-refractivity contribution is 7.85. The number of carbonyl (C=O) groups excluding carboxylic acids is 1. The minimum Gasteiger partial charge on any atom is -0.448 e. The minimum atomic E-state index is -5.15. The van der Waals surface area contributed by atoms with Crippen LogP contribution in [0.3, 0.4) is 0 Å². The molecule has 0 amide bonds. The summed E-state index contributed by atoms with van der Waals surface area (Å²) in [5.41, 5.74) is 0.807. The molecular formula is C12H11B2F3O5S. The van der Waals surface area contributed by atoms with Gasteiger partial charge in [-0.15, -0.1) is 0 Å². The average molecular weight is 346 g/mol. The van der Waals surface area contributed by atoms with E-state index < -0.39 is 34.1 Å². The first kappa shape index (κ1) is 19.6. The number of ether oxygens (including phenoxy) is 1. The summed E-state index contributed by atoms with van der Waals surface area (Å²) < 4.78 is 72.1. The fourth-order valence-electron chi connectivity index (χ4n) is 1.73. The second kappa shape index (κ2) is 7.39. The van der Waals surface area contributed by atoms with Crippen molar-refractivity contribution in [2.24, 2.45) is 0 Å². The summed E-state index contributed by atoms with van der Waals surface area (Å²) in [6.07, 6.45) is -8.02. The van der Waals surface area contributed by atoms with Crippen molar-refractivity contribution < 1.29 is 35.7 Å². The van der Waals surface area contributed by atoms with Crippen LogP contribution in [0.5, 0.6) is 0 Å². The van der Waals surface area contributed by atoms with Gasteiger partial charge in [0.2, 0.25) is 6.10 Å². The van der Waals surface area contributed by atoms with E-state index in [4.69, 9.17) is 20.2 Å². The van der Waals surface area contributed by atoms with Gasteiger partial charge in [0.05, 0.1) is 21.3 Å². The molecule has 0 aliphatic rings. The van der Waals surface area contributed by atoms with Gasteiger partial charge in [0, 0.05) is 0 Å². The van der Waals surface area contributed by atoms with Crippen LogP contribution in [0.25, 0.3) is 0 Å². The fourth-order valence-corrected chi connectivity index (χ4v) is 2.37. The zero-order valence-corrected chi connectivity index (χ0v) is 12.5. The smallest absolute Gasteiger partial charge is 0.426 e. The molecule has 0 aliphatic heterocycles. The van der Waals surface area contributed by atoms with E-state index >= 15 is 0 Å². The van der Waals surface area contributed by atoms with Gasteiger partial charge in [0.1, 0.15) is 5.75 Å². The minimum absolute atomic E-state index is 0.00136. The van der Waals surface area contributed by atoms with Crippen molar-refractivity contribution in [2.45, 2.75) is 24.9 Å². The van der Waals surface area contributed by atoms with Gasteiger partial charge in [-0.2, -0.15) is 21.6 Å². The SMILES string of the molecule is [B]Cc1ccc(C(=O)OC(CS(=O)(=O)O)C(F)(F)F)cc1C[B]. The van der Waals surface area contributed by atoms with Crippen LogP contribution in [0.15, 0.2) is 18.2 Å². The lowest BCUT2D eigenvalue weighted by Crippen LogP contribution is -2.39. The molecule has 122 valence electrons.